The van der Waals surface area contributed by atoms with E-state index in [-0.39, 0.29) is 11.3 Å². The molecule has 0 fully saturated rings. The molecule has 130 valence electrons. The highest BCUT2D eigenvalue weighted by Gasteiger charge is 2.21. The Labute approximate surface area is 148 Å². The van der Waals surface area contributed by atoms with Crippen molar-refractivity contribution in [1.82, 2.24) is 15.1 Å². The van der Waals surface area contributed by atoms with Gasteiger partial charge in [0.05, 0.1) is 5.69 Å². The van der Waals surface area contributed by atoms with Crippen molar-refractivity contribution in [3.63, 3.8) is 0 Å². The molecular formula is C18H24ClN3O2. The van der Waals surface area contributed by atoms with Gasteiger partial charge in [0.1, 0.15) is 12.4 Å². The molecule has 2 rings (SSSR count). The van der Waals surface area contributed by atoms with Gasteiger partial charge in [-0.25, -0.2) is 0 Å². The SMILES string of the molecule is Cc1cc(OCc2cc(C(=O)N(C)C)n[nH]2)c(C(C)(C)C)cc1Cl. The molecule has 0 aliphatic carbocycles. The quantitative estimate of drug-likeness (QED) is 0.909. The molecule has 1 aromatic carbocycles. The summed E-state index contributed by atoms with van der Waals surface area (Å²) in [6.07, 6.45) is 0. The average molecular weight is 350 g/mol. The van der Waals surface area contributed by atoms with Gasteiger partial charge in [-0.15, -0.1) is 0 Å². The van der Waals surface area contributed by atoms with Crippen LogP contribution in [0.4, 0.5) is 0 Å². The van der Waals surface area contributed by atoms with E-state index in [1.807, 2.05) is 19.1 Å². The summed E-state index contributed by atoms with van der Waals surface area (Å²) < 4.78 is 5.98. The zero-order valence-corrected chi connectivity index (χ0v) is 15.8. The number of nitrogens with one attached hydrogen (secondary N) is 1. The van der Waals surface area contributed by atoms with Gasteiger partial charge in [0, 0.05) is 24.7 Å². The van der Waals surface area contributed by atoms with Gasteiger partial charge < -0.3 is 9.64 Å². The van der Waals surface area contributed by atoms with Gasteiger partial charge in [-0.2, -0.15) is 5.10 Å². The lowest BCUT2D eigenvalue weighted by Crippen LogP contribution is -2.21. The van der Waals surface area contributed by atoms with E-state index in [4.69, 9.17) is 16.3 Å². The fraction of sp³-hybridized carbons (Fsp3) is 0.444. The van der Waals surface area contributed by atoms with Crippen LogP contribution in [0.1, 0.15) is 48.1 Å². The zero-order chi connectivity index (χ0) is 18.1. The molecule has 24 heavy (non-hydrogen) atoms. The van der Waals surface area contributed by atoms with Gasteiger partial charge in [0.2, 0.25) is 0 Å². The van der Waals surface area contributed by atoms with Crippen molar-refractivity contribution in [3.8, 4) is 5.75 Å². The third kappa shape index (κ3) is 4.09. The Bertz CT molecular complexity index is 745. The fourth-order valence-corrected chi connectivity index (χ4v) is 2.45. The number of hydrogen-bond acceptors (Lipinski definition) is 3. The first kappa shape index (κ1) is 18.3. The lowest BCUT2D eigenvalue weighted by atomic mass is 9.86. The summed E-state index contributed by atoms with van der Waals surface area (Å²) in [6.45, 7) is 8.60. The van der Waals surface area contributed by atoms with Crippen LogP contribution in [-0.2, 0) is 12.0 Å². The highest BCUT2D eigenvalue weighted by Crippen LogP contribution is 2.35. The van der Waals surface area contributed by atoms with Crippen molar-refractivity contribution in [2.75, 3.05) is 14.1 Å². The Morgan fingerprint density at radius 2 is 1.96 bits per heavy atom. The number of amides is 1. The highest BCUT2D eigenvalue weighted by molar-refractivity contribution is 6.31. The minimum Gasteiger partial charge on any atom is -0.487 e. The molecule has 0 aliphatic rings. The number of aromatic amines is 1. The summed E-state index contributed by atoms with van der Waals surface area (Å²) in [4.78, 5) is 13.4. The molecule has 0 saturated heterocycles. The van der Waals surface area contributed by atoms with Crippen molar-refractivity contribution >= 4 is 17.5 Å². The number of carbonyl (C=O) groups is 1. The molecular weight excluding hydrogens is 326 g/mol. The van der Waals surface area contributed by atoms with Gasteiger partial charge in [0.15, 0.2) is 5.69 Å². The van der Waals surface area contributed by atoms with Gasteiger partial charge in [0.25, 0.3) is 5.91 Å². The first-order valence-corrected chi connectivity index (χ1v) is 8.16. The standard InChI is InChI=1S/C18H24ClN3O2/c1-11-7-16(13(9-14(11)19)18(2,3)4)24-10-12-8-15(21-20-12)17(23)22(5)6/h7-9H,10H2,1-6H3,(H,20,21). The molecule has 0 atom stereocenters. The van der Waals surface area contributed by atoms with Crippen molar-refractivity contribution < 1.29 is 9.53 Å². The Morgan fingerprint density at radius 3 is 2.54 bits per heavy atom. The third-order valence-electron chi connectivity index (χ3n) is 3.71. The van der Waals surface area contributed by atoms with Crippen LogP contribution in [0.3, 0.4) is 0 Å². The predicted octanol–water partition coefficient (Wildman–Crippen LogP) is 3.95. The van der Waals surface area contributed by atoms with E-state index in [1.165, 1.54) is 4.90 Å². The molecule has 2 aromatic rings. The van der Waals surface area contributed by atoms with Crippen molar-refractivity contribution in [2.45, 2.75) is 39.7 Å². The molecule has 0 unspecified atom stereocenters. The Balaban J connectivity index is 2.21. The first-order valence-electron chi connectivity index (χ1n) is 7.79. The van der Waals surface area contributed by atoms with Crippen LogP contribution < -0.4 is 4.74 Å². The average Bonchev–Trinajstić information content (AvgIpc) is 2.94. The number of benzene rings is 1. The molecule has 1 aromatic heterocycles. The van der Waals surface area contributed by atoms with Crippen LogP contribution in [0, 0.1) is 6.92 Å². The predicted molar refractivity (Wildman–Crippen MR) is 95.8 cm³/mol. The lowest BCUT2D eigenvalue weighted by Gasteiger charge is -2.23. The fourth-order valence-electron chi connectivity index (χ4n) is 2.29. The Hall–Kier alpha value is -2.01. The van der Waals surface area contributed by atoms with E-state index in [9.17, 15) is 4.79 Å². The topological polar surface area (TPSA) is 58.2 Å². The number of aromatic nitrogens is 2. The van der Waals surface area contributed by atoms with Crippen LogP contribution in [0.5, 0.6) is 5.75 Å². The maximum Gasteiger partial charge on any atom is 0.273 e. The van der Waals surface area contributed by atoms with Crippen LogP contribution >= 0.6 is 11.6 Å². The smallest absolute Gasteiger partial charge is 0.273 e. The van der Waals surface area contributed by atoms with E-state index in [2.05, 4.69) is 31.0 Å². The van der Waals surface area contributed by atoms with Crippen molar-refractivity contribution in [1.29, 1.82) is 0 Å². The summed E-state index contributed by atoms with van der Waals surface area (Å²) >= 11 is 6.26. The van der Waals surface area contributed by atoms with Gasteiger partial charge in [-0.05, 0) is 36.1 Å². The van der Waals surface area contributed by atoms with Gasteiger partial charge in [-0.3, -0.25) is 9.89 Å². The normalized spacial score (nSPS) is 11.5. The molecule has 0 aliphatic heterocycles. The molecule has 0 spiro atoms. The van der Waals surface area contributed by atoms with Crippen LogP contribution in [0.2, 0.25) is 5.02 Å². The molecule has 1 heterocycles. The second-order valence-electron chi connectivity index (χ2n) is 7.11. The maximum atomic E-state index is 11.9. The summed E-state index contributed by atoms with van der Waals surface area (Å²) in [5, 5.41) is 7.61. The minimum absolute atomic E-state index is 0.0906. The van der Waals surface area contributed by atoms with E-state index in [1.54, 1.807) is 20.2 Å². The minimum atomic E-state index is -0.143. The zero-order valence-electron chi connectivity index (χ0n) is 15.0. The third-order valence-corrected chi connectivity index (χ3v) is 4.12. The van der Waals surface area contributed by atoms with E-state index in [0.717, 1.165) is 27.6 Å². The summed E-state index contributed by atoms with van der Waals surface area (Å²) in [5.41, 5.74) is 3.04. The summed E-state index contributed by atoms with van der Waals surface area (Å²) in [7, 11) is 3.39. The number of carbonyl (C=O) groups excluding carboxylic acids is 1. The lowest BCUT2D eigenvalue weighted by molar-refractivity contribution is 0.0822. The second kappa shape index (κ2) is 6.85. The molecule has 0 saturated carbocycles. The van der Waals surface area contributed by atoms with Crippen molar-refractivity contribution in [2.24, 2.45) is 0 Å². The van der Waals surface area contributed by atoms with E-state index < -0.39 is 0 Å². The second-order valence-corrected chi connectivity index (χ2v) is 7.52. The number of halogens is 1. The summed E-state index contributed by atoms with van der Waals surface area (Å²) in [6, 6.07) is 5.62. The Morgan fingerprint density at radius 1 is 1.29 bits per heavy atom. The molecule has 1 amide bonds. The maximum absolute atomic E-state index is 11.9. The molecule has 1 N–H and O–H groups in total. The van der Waals surface area contributed by atoms with Gasteiger partial charge in [-0.1, -0.05) is 32.4 Å². The molecule has 0 radical (unpaired) electrons. The highest BCUT2D eigenvalue weighted by atomic mass is 35.5. The van der Waals surface area contributed by atoms with E-state index in [0.29, 0.717) is 12.3 Å². The van der Waals surface area contributed by atoms with Gasteiger partial charge >= 0.3 is 0 Å². The number of H-pyrrole nitrogens is 1. The molecule has 5 nitrogen and oxygen atoms in total. The van der Waals surface area contributed by atoms with E-state index >= 15 is 0 Å². The summed E-state index contributed by atoms with van der Waals surface area (Å²) in [5.74, 6) is 0.648. The Kier molecular flexibility index (Phi) is 5.23. The molecule has 6 heteroatoms. The van der Waals surface area contributed by atoms with Crippen LogP contribution in [0.15, 0.2) is 18.2 Å². The molecule has 0 bridgehead atoms. The number of ether oxygens (including phenoxy) is 1. The first-order chi connectivity index (χ1) is 11.1. The number of hydrogen-bond donors (Lipinski definition) is 1. The largest absolute Gasteiger partial charge is 0.487 e. The van der Waals surface area contributed by atoms with Crippen LogP contribution in [-0.4, -0.2) is 35.1 Å². The number of nitrogens with zero attached hydrogens (tertiary/aromatic N) is 2. The van der Waals surface area contributed by atoms with Crippen molar-refractivity contribution in [3.05, 3.63) is 45.7 Å². The number of rotatable bonds is 4. The van der Waals surface area contributed by atoms with Crippen LogP contribution in [0.25, 0.3) is 0 Å². The number of aryl methyl sites for hydroxylation is 1. The monoisotopic (exact) mass is 349 g/mol.